The van der Waals surface area contributed by atoms with Crippen molar-refractivity contribution in [1.29, 1.82) is 0 Å². The number of hydrogen-bond donors (Lipinski definition) is 0. The lowest BCUT2D eigenvalue weighted by Gasteiger charge is -2.45. The molecule has 0 spiro atoms. The molecule has 4 heterocycles. The van der Waals surface area contributed by atoms with Crippen molar-refractivity contribution in [3.63, 3.8) is 0 Å². The van der Waals surface area contributed by atoms with Crippen molar-refractivity contribution in [2.75, 3.05) is 9.80 Å². The van der Waals surface area contributed by atoms with Crippen molar-refractivity contribution in [2.45, 2.75) is 13.8 Å². The van der Waals surface area contributed by atoms with Crippen LogP contribution in [0.25, 0.3) is 55.7 Å². The number of nitrogens with zero attached hydrogens (tertiary/aromatic N) is 4. The molecule has 15 aromatic carbocycles. The summed E-state index contributed by atoms with van der Waals surface area (Å²) in [5.41, 5.74) is 21.6. The Morgan fingerprint density at radius 2 is 0.635 bits per heavy atom. The number of anilines is 6. The number of aryl methyl sites for hydroxylation is 2. The molecule has 0 bridgehead atoms. The van der Waals surface area contributed by atoms with Crippen molar-refractivity contribution in [3.8, 4) is 33.9 Å². The van der Waals surface area contributed by atoms with Gasteiger partial charge in [0.1, 0.15) is 0 Å². The normalized spacial score (nSPS) is 12.5. The molecule has 0 radical (unpaired) electrons. The highest BCUT2D eigenvalue weighted by Crippen LogP contribution is 2.46. The first-order valence-corrected chi connectivity index (χ1v) is 40.2. The Morgan fingerprint density at radius 3 is 1.11 bits per heavy atom. The predicted octanol–water partition coefficient (Wildman–Crippen LogP) is 15.8. The molecule has 2 aromatic heterocycles. The van der Waals surface area contributed by atoms with Gasteiger partial charge in [-0.15, -0.1) is 0 Å². The number of benzene rings is 15. The smallest absolute Gasteiger partial charge is 0.252 e. The van der Waals surface area contributed by atoms with Crippen molar-refractivity contribution < 1.29 is 4.57 Å². The van der Waals surface area contributed by atoms with E-state index < -0.39 is 16.1 Å². The molecule has 0 aliphatic carbocycles. The number of fused-ring (bicyclic) bond motifs is 7. The Bertz CT molecular complexity index is 5780. The molecule has 0 amide bonds. The molecule has 490 valence electrons. The Labute approximate surface area is 610 Å². The second-order valence-corrected chi connectivity index (χ2v) is 35.5. The summed E-state index contributed by atoms with van der Waals surface area (Å²) in [6, 6.07) is 152. The molecule has 17 aromatic rings. The zero-order valence-corrected chi connectivity index (χ0v) is 60.0. The summed E-state index contributed by atoms with van der Waals surface area (Å²) in [7, 11) is -6.15. The van der Waals surface area contributed by atoms with Gasteiger partial charge in [-0.05, 0) is 145 Å². The number of rotatable bonds is 14. The van der Waals surface area contributed by atoms with Crippen LogP contribution in [0, 0.1) is 13.8 Å². The monoisotopic (exact) mass is 1360 g/mol. The van der Waals surface area contributed by atoms with Gasteiger partial charge in [-0.3, -0.25) is 0 Å². The van der Waals surface area contributed by atoms with Crippen LogP contribution in [-0.2, 0) is 0 Å². The highest BCUT2D eigenvalue weighted by atomic mass is 28.3. The second-order valence-electron chi connectivity index (χ2n) is 27.8. The molecule has 0 N–H and O–H groups in total. The van der Waals surface area contributed by atoms with Gasteiger partial charge in [0, 0.05) is 68.9 Å². The summed E-state index contributed by atoms with van der Waals surface area (Å²) in [6.07, 6.45) is 0. The number of aromatic nitrogens is 2. The summed E-state index contributed by atoms with van der Waals surface area (Å²) in [5.74, 6) is 0. The Hall–Kier alpha value is -12.7. The van der Waals surface area contributed by atoms with Crippen molar-refractivity contribution in [2.24, 2.45) is 0 Å². The van der Waals surface area contributed by atoms with E-state index in [4.69, 9.17) is 0 Å². The molecule has 0 saturated heterocycles. The Kier molecular flexibility index (Phi) is 15.4. The van der Waals surface area contributed by atoms with Gasteiger partial charge in [0.25, 0.3) is 6.71 Å². The minimum absolute atomic E-state index is 0.213. The molecule has 2 aliphatic rings. The number of pyridine rings is 1. The fraction of sp³-hybridized carbons (Fsp3) is 0.0206. The summed E-state index contributed by atoms with van der Waals surface area (Å²) < 4.78 is 5.07. The molecule has 19 rings (SSSR count). The third-order valence-corrected chi connectivity index (χ3v) is 31.5. The molecule has 0 unspecified atom stereocenters. The van der Waals surface area contributed by atoms with Crippen LogP contribution in [0.5, 0.6) is 0 Å². The molecule has 7 heteroatoms. The van der Waals surface area contributed by atoms with E-state index in [2.05, 4.69) is 433 Å². The molecule has 0 saturated carbocycles. The summed E-state index contributed by atoms with van der Waals surface area (Å²) >= 11 is 0. The van der Waals surface area contributed by atoms with E-state index in [9.17, 15) is 0 Å². The third kappa shape index (κ3) is 10.1. The van der Waals surface area contributed by atoms with Crippen LogP contribution in [0.15, 0.2) is 400 Å². The molecule has 4 nitrogen and oxygen atoms in total. The predicted molar refractivity (Wildman–Crippen MR) is 444 cm³/mol. The van der Waals surface area contributed by atoms with Gasteiger partial charge in [-0.1, -0.05) is 314 Å². The highest BCUT2D eigenvalue weighted by Gasteiger charge is 2.49. The quantitative estimate of drug-likeness (QED) is 0.0612. The number of hydrogen-bond acceptors (Lipinski definition) is 2. The van der Waals surface area contributed by atoms with Gasteiger partial charge >= 0.3 is 0 Å². The van der Waals surface area contributed by atoms with E-state index >= 15 is 0 Å². The first-order valence-electron chi connectivity index (χ1n) is 36.2. The van der Waals surface area contributed by atoms with Crippen molar-refractivity contribution >= 4 is 137 Å². The van der Waals surface area contributed by atoms with Gasteiger partial charge in [0.15, 0.2) is 16.1 Å². The minimum Gasteiger partial charge on any atom is -0.311 e. The fourth-order valence-corrected chi connectivity index (χ4v) is 27.2. The maximum absolute atomic E-state index is 3.08. The summed E-state index contributed by atoms with van der Waals surface area (Å²) in [6.45, 7) is 4.22. The topological polar surface area (TPSA) is 15.3 Å². The summed E-state index contributed by atoms with van der Waals surface area (Å²) in [5, 5.41) is 13.1. The lowest BCUT2D eigenvalue weighted by Crippen LogP contribution is -2.75. The van der Waals surface area contributed by atoms with Crippen LogP contribution >= 0.6 is 0 Å². The van der Waals surface area contributed by atoms with Crippen molar-refractivity contribution in [1.82, 2.24) is 4.57 Å². The van der Waals surface area contributed by atoms with E-state index in [0.717, 1.165) is 79.0 Å². The van der Waals surface area contributed by atoms with E-state index in [1.54, 1.807) is 0 Å². The molecular formula is C97H72BN4Si2+. The average Bonchev–Trinajstić information content (AvgIpc) is 0.957. The van der Waals surface area contributed by atoms with Crippen molar-refractivity contribution in [3.05, 3.63) is 412 Å². The third-order valence-electron chi connectivity index (χ3n) is 22.0. The first-order chi connectivity index (χ1) is 51.4. The minimum atomic E-state index is -3.08. The maximum atomic E-state index is 2.65. The van der Waals surface area contributed by atoms with Crippen LogP contribution in [0.2, 0.25) is 0 Å². The largest absolute Gasteiger partial charge is 0.311 e. The Balaban J connectivity index is 0.955. The van der Waals surface area contributed by atoms with Gasteiger partial charge in [0.2, 0.25) is 17.1 Å². The average molecular weight is 1360 g/mol. The van der Waals surface area contributed by atoms with Crippen LogP contribution in [0.3, 0.4) is 0 Å². The molecule has 104 heavy (non-hydrogen) atoms. The molecule has 0 atom stereocenters. The lowest BCUT2D eigenvalue weighted by molar-refractivity contribution is -0.572. The van der Waals surface area contributed by atoms with Gasteiger partial charge in [-0.25, -0.2) is 0 Å². The van der Waals surface area contributed by atoms with Crippen LogP contribution < -0.4 is 72.2 Å². The van der Waals surface area contributed by atoms with Gasteiger partial charge in [0.05, 0.1) is 28.1 Å². The first kappa shape index (κ1) is 62.4. The zero-order chi connectivity index (χ0) is 69.3. The SMILES string of the molecule is Cc1cccc(-c2cc(-n3c4ccccc4c4ccccc43)cc(-c3cccc(C)c3)[n+]2-c2cc3c4c(c2)N(c2ccccc2)c2ccc([Si](c5ccccc5)(c5ccccc5)c5ccccc5)cc2B4c2ccccc2N3c2cccc([Si](c3ccccc3)(c3ccccc3)c3ccccc3)c2)c1. The molecule has 2 aliphatic heterocycles. The molecule has 0 fully saturated rings. The molecular weight excluding hydrogens is 1290 g/mol. The summed E-state index contributed by atoms with van der Waals surface area (Å²) in [4.78, 5) is 5.24. The van der Waals surface area contributed by atoms with Gasteiger partial charge < -0.3 is 14.4 Å². The van der Waals surface area contributed by atoms with E-state index in [1.165, 1.54) is 79.8 Å². The maximum Gasteiger partial charge on any atom is 0.252 e. The highest BCUT2D eigenvalue weighted by molar-refractivity contribution is 7.20. The van der Waals surface area contributed by atoms with Crippen LogP contribution in [-0.4, -0.2) is 27.4 Å². The van der Waals surface area contributed by atoms with E-state index in [0.29, 0.717) is 0 Å². The van der Waals surface area contributed by atoms with Crippen LogP contribution in [0.4, 0.5) is 34.1 Å². The Morgan fingerprint density at radius 1 is 0.260 bits per heavy atom. The fourth-order valence-electron chi connectivity index (χ4n) is 17.7. The van der Waals surface area contributed by atoms with Gasteiger partial charge in [-0.2, -0.15) is 4.57 Å². The second kappa shape index (κ2) is 25.8. The van der Waals surface area contributed by atoms with Crippen LogP contribution in [0.1, 0.15) is 11.1 Å². The zero-order valence-electron chi connectivity index (χ0n) is 58.0. The van der Waals surface area contributed by atoms with E-state index in [-0.39, 0.29) is 6.71 Å². The van der Waals surface area contributed by atoms with E-state index in [1.807, 2.05) is 0 Å². The number of para-hydroxylation sites is 4. The lowest BCUT2D eigenvalue weighted by atomic mass is 9.33. The standard InChI is InChI=1S/C97H72BN4Si2/c1-69-33-30-35-71(61-69)93-64-75(101-89-56-27-24-53-85(89)86-54-25-28-57-90(86)101)65-94(72-36-31-34-70(2)62-72)102(93)76-66-95-97-96(67-76)100(74-39-32-52-83(63-74)103(77-40-12-4-13-41-77,78-42-14-5-15-43-78)79-44-16-6-17-45-79)91-58-29-26-55-87(91)98(97)88-68-84(59-60-92(88)99(95)73-37-10-3-11-38-73)104(80-46-18-7-19-47-80,81-48-20-8-21-49-81)82-50-22-9-23-51-82/h3-68H,1-2H3/q+1.